The first kappa shape index (κ1) is 13.2. The lowest BCUT2D eigenvalue weighted by Crippen LogP contribution is -2.11. The first-order valence-corrected chi connectivity index (χ1v) is 6.85. The van der Waals surface area contributed by atoms with Crippen molar-refractivity contribution in [3.8, 4) is 0 Å². The van der Waals surface area contributed by atoms with Crippen molar-refractivity contribution < 1.29 is 5.11 Å². The highest BCUT2D eigenvalue weighted by Crippen LogP contribution is 2.13. The summed E-state index contributed by atoms with van der Waals surface area (Å²) in [6, 6.07) is 12.1. The number of rotatable bonds is 5. The molecule has 0 fully saturated rings. The molecule has 94 valence electrons. The van der Waals surface area contributed by atoms with Gasteiger partial charge in [-0.2, -0.15) is 0 Å². The number of aliphatic hydroxyl groups excluding tert-OH is 1. The van der Waals surface area contributed by atoms with Crippen LogP contribution in [-0.2, 0) is 12.8 Å². The lowest BCUT2D eigenvalue weighted by Gasteiger charge is -2.10. The van der Waals surface area contributed by atoms with E-state index in [-0.39, 0.29) is 6.10 Å². The minimum atomic E-state index is -0.300. The van der Waals surface area contributed by atoms with Crippen LogP contribution in [-0.4, -0.2) is 16.2 Å². The van der Waals surface area contributed by atoms with Crippen molar-refractivity contribution in [1.82, 2.24) is 4.98 Å². The molecule has 2 aromatic rings. The summed E-state index contributed by atoms with van der Waals surface area (Å²) in [6.45, 7) is 0. The Morgan fingerprint density at radius 3 is 2.56 bits per heavy atom. The molecule has 1 N–H and O–H groups in total. The number of aromatic nitrogens is 1. The fourth-order valence-electron chi connectivity index (χ4n) is 1.87. The SMILES string of the molecule is OC(CCc1cccnc1)Cc1ccc(Br)cc1. The fourth-order valence-corrected chi connectivity index (χ4v) is 2.14. The Balaban J connectivity index is 1.82. The summed E-state index contributed by atoms with van der Waals surface area (Å²) in [4.78, 5) is 4.07. The van der Waals surface area contributed by atoms with Crippen molar-refractivity contribution in [2.45, 2.75) is 25.4 Å². The summed E-state index contributed by atoms with van der Waals surface area (Å²) in [6.07, 6.45) is 5.65. The van der Waals surface area contributed by atoms with Crippen LogP contribution in [0.3, 0.4) is 0 Å². The highest BCUT2D eigenvalue weighted by atomic mass is 79.9. The van der Waals surface area contributed by atoms with Gasteiger partial charge in [0.2, 0.25) is 0 Å². The summed E-state index contributed by atoms with van der Waals surface area (Å²) in [7, 11) is 0. The van der Waals surface area contributed by atoms with E-state index in [4.69, 9.17) is 0 Å². The van der Waals surface area contributed by atoms with Crippen molar-refractivity contribution >= 4 is 15.9 Å². The number of aliphatic hydroxyl groups is 1. The smallest absolute Gasteiger partial charge is 0.0583 e. The molecule has 0 saturated heterocycles. The quantitative estimate of drug-likeness (QED) is 0.918. The van der Waals surface area contributed by atoms with Crippen LogP contribution >= 0.6 is 15.9 Å². The number of halogens is 1. The van der Waals surface area contributed by atoms with Crippen molar-refractivity contribution in [3.63, 3.8) is 0 Å². The van der Waals surface area contributed by atoms with Gasteiger partial charge in [-0.1, -0.05) is 34.1 Å². The van der Waals surface area contributed by atoms with Crippen LogP contribution in [0.25, 0.3) is 0 Å². The van der Waals surface area contributed by atoms with Crippen LogP contribution in [0.15, 0.2) is 53.3 Å². The summed E-state index contributed by atoms with van der Waals surface area (Å²) < 4.78 is 1.07. The second-order valence-corrected chi connectivity index (χ2v) is 5.30. The Morgan fingerprint density at radius 1 is 1.11 bits per heavy atom. The van der Waals surface area contributed by atoms with Crippen LogP contribution in [0, 0.1) is 0 Å². The van der Waals surface area contributed by atoms with Gasteiger partial charge in [0.05, 0.1) is 6.10 Å². The Morgan fingerprint density at radius 2 is 1.89 bits per heavy atom. The minimum Gasteiger partial charge on any atom is -0.393 e. The molecule has 1 aromatic heterocycles. The number of benzene rings is 1. The van der Waals surface area contributed by atoms with Gasteiger partial charge in [-0.15, -0.1) is 0 Å². The number of hydrogen-bond donors (Lipinski definition) is 1. The van der Waals surface area contributed by atoms with E-state index in [1.807, 2.05) is 42.6 Å². The zero-order valence-corrected chi connectivity index (χ0v) is 11.7. The van der Waals surface area contributed by atoms with E-state index >= 15 is 0 Å². The third-order valence-corrected chi connectivity index (χ3v) is 3.40. The summed E-state index contributed by atoms with van der Waals surface area (Å²) >= 11 is 3.40. The van der Waals surface area contributed by atoms with E-state index in [1.54, 1.807) is 6.20 Å². The van der Waals surface area contributed by atoms with E-state index in [0.717, 1.165) is 22.9 Å². The molecule has 2 nitrogen and oxygen atoms in total. The molecule has 0 aliphatic heterocycles. The molecule has 0 radical (unpaired) electrons. The van der Waals surface area contributed by atoms with Crippen LogP contribution in [0.5, 0.6) is 0 Å². The average molecular weight is 306 g/mol. The van der Waals surface area contributed by atoms with Crippen molar-refractivity contribution in [1.29, 1.82) is 0 Å². The molecule has 3 heteroatoms. The number of nitrogens with zero attached hydrogens (tertiary/aromatic N) is 1. The molecule has 1 aromatic carbocycles. The maximum atomic E-state index is 10.0. The maximum absolute atomic E-state index is 10.0. The molecule has 1 unspecified atom stereocenters. The van der Waals surface area contributed by atoms with Crippen LogP contribution in [0.2, 0.25) is 0 Å². The van der Waals surface area contributed by atoms with E-state index in [1.165, 1.54) is 5.56 Å². The van der Waals surface area contributed by atoms with E-state index in [0.29, 0.717) is 6.42 Å². The zero-order valence-electron chi connectivity index (χ0n) is 10.1. The van der Waals surface area contributed by atoms with Gasteiger partial charge in [0.15, 0.2) is 0 Å². The molecule has 1 heterocycles. The lowest BCUT2D eigenvalue weighted by atomic mass is 10.0. The van der Waals surface area contributed by atoms with Gasteiger partial charge < -0.3 is 5.11 Å². The van der Waals surface area contributed by atoms with Gasteiger partial charge in [-0.25, -0.2) is 0 Å². The molecule has 0 amide bonds. The number of pyridine rings is 1. The molecule has 0 aliphatic rings. The molecular formula is C15H16BrNO. The minimum absolute atomic E-state index is 0.300. The van der Waals surface area contributed by atoms with Crippen molar-refractivity contribution in [2.24, 2.45) is 0 Å². The third-order valence-electron chi connectivity index (χ3n) is 2.87. The van der Waals surface area contributed by atoms with Gasteiger partial charge in [0.25, 0.3) is 0 Å². The monoisotopic (exact) mass is 305 g/mol. The van der Waals surface area contributed by atoms with E-state index < -0.39 is 0 Å². The number of hydrogen-bond acceptors (Lipinski definition) is 2. The van der Waals surface area contributed by atoms with Gasteiger partial charge in [0, 0.05) is 16.9 Å². The lowest BCUT2D eigenvalue weighted by molar-refractivity contribution is 0.165. The Hall–Kier alpha value is -1.19. The maximum Gasteiger partial charge on any atom is 0.0583 e. The molecule has 1 atom stereocenters. The first-order chi connectivity index (χ1) is 8.74. The van der Waals surface area contributed by atoms with E-state index in [2.05, 4.69) is 20.9 Å². The van der Waals surface area contributed by atoms with E-state index in [9.17, 15) is 5.11 Å². The largest absolute Gasteiger partial charge is 0.393 e. The Labute approximate surface area is 116 Å². The predicted molar refractivity (Wildman–Crippen MR) is 76.4 cm³/mol. The summed E-state index contributed by atoms with van der Waals surface area (Å²) in [5.41, 5.74) is 2.34. The van der Waals surface area contributed by atoms with Crippen LogP contribution < -0.4 is 0 Å². The highest BCUT2D eigenvalue weighted by molar-refractivity contribution is 9.10. The van der Waals surface area contributed by atoms with Crippen molar-refractivity contribution in [3.05, 3.63) is 64.4 Å². The number of aryl methyl sites for hydroxylation is 1. The normalized spacial score (nSPS) is 12.3. The van der Waals surface area contributed by atoms with Gasteiger partial charge in [-0.05, 0) is 48.6 Å². The van der Waals surface area contributed by atoms with Gasteiger partial charge >= 0.3 is 0 Å². The molecule has 0 bridgehead atoms. The van der Waals surface area contributed by atoms with Crippen LogP contribution in [0.4, 0.5) is 0 Å². The van der Waals surface area contributed by atoms with Crippen molar-refractivity contribution in [2.75, 3.05) is 0 Å². The molecule has 0 aliphatic carbocycles. The summed E-state index contributed by atoms with van der Waals surface area (Å²) in [5, 5.41) is 10.0. The predicted octanol–water partition coefficient (Wildman–Crippen LogP) is 3.38. The molecule has 0 spiro atoms. The highest BCUT2D eigenvalue weighted by Gasteiger charge is 2.06. The van der Waals surface area contributed by atoms with Gasteiger partial charge in [-0.3, -0.25) is 4.98 Å². The van der Waals surface area contributed by atoms with Gasteiger partial charge in [0.1, 0.15) is 0 Å². The Kier molecular flexibility index (Phi) is 4.90. The Bertz CT molecular complexity index is 470. The topological polar surface area (TPSA) is 33.1 Å². The third kappa shape index (κ3) is 4.24. The summed E-state index contributed by atoms with van der Waals surface area (Å²) in [5.74, 6) is 0. The van der Waals surface area contributed by atoms with Crippen LogP contribution in [0.1, 0.15) is 17.5 Å². The zero-order chi connectivity index (χ0) is 12.8. The average Bonchev–Trinajstić information content (AvgIpc) is 2.40. The molecule has 18 heavy (non-hydrogen) atoms. The standard InChI is InChI=1S/C15H16BrNO/c16-14-6-3-12(4-7-14)10-15(18)8-5-13-2-1-9-17-11-13/h1-4,6-7,9,11,15,18H,5,8,10H2. The fraction of sp³-hybridized carbons (Fsp3) is 0.267. The molecular weight excluding hydrogens is 290 g/mol. The second kappa shape index (κ2) is 6.66. The first-order valence-electron chi connectivity index (χ1n) is 6.05. The molecule has 2 rings (SSSR count). The second-order valence-electron chi connectivity index (χ2n) is 4.38. The molecule has 0 saturated carbocycles.